The average Bonchev–Trinajstić information content (AvgIpc) is 2.33. The van der Waals surface area contributed by atoms with Crippen LogP contribution in [0.5, 0.6) is 0 Å². The van der Waals surface area contributed by atoms with Crippen molar-refractivity contribution in [2.75, 3.05) is 23.3 Å². The van der Waals surface area contributed by atoms with E-state index in [9.17, 15) is 4.79 Å². The molecule has 0 aromatic heterocycles. The van der Waals surface area contributed by atoms with Gasteiger partial charge in [0.05, 0.1) is 17.9 Å². The molecule has 0 bridgehead atoms. The molecule has 0 aliphatic carbocycles. The summed E-state index contributed by atoms with van der Waals surface area (Å²) in [6.45, 7) is 5.63. The summed E-state index contributed by atoms with van der Waals surface area (Å²) in [6, 6.07) is 8.02. The highest BCUT2D eigenvalue weighted by molar-refractivity contribution is 6.02. The van der Waals surface area contributed by atoms with Crippen LogP contribution in [0.15, 0.2) is 24.3 Å². The number of carbonyl (C=O) groups is 1. The molecule has 0 saturated heterocycles. The van der Waals surface area contributed by atoms with Crippen LogP contribution in [0.2, 0.25) is 0 Å². The summed E-state index contributed by atoms with van der Waals surface area (Å²) >= 11 is 0. The summed E-state index contributed by atoms with van der Waals surface area (Å²) in [5, 5.41) is 3.16. The van der Waals surface area contributed by atoms with Crippen molar-refractivity contribution in [1.82, 2.24) is 0 Å². The van der Waals surface area contributed by atoms with E-state index in [4.69, 9.17) is 0 Å². The summed E-state index contributed by atoms with van der Waals surface area (Å²) < 4.78 is 0. The Bertz CT molecular complexity index is 403. The van der Waals surface area contributed by atoms with Crippen LogP contribution in [0.4, 0.5) is 11.4 Å². The van der Waals surface area contributed by atoms with Crippen LogP contribution in [0.25, 0.3) is 0 Å². The number of rotatable bonds is 4. The van der Waals surface area contributed by atoms with Gasteiger partial charge in [-0.1, -0.05) is 32.4 Å². The second-order valence-electron chi connectivity index (χ2n) is 4.77. The number of fused-ring (bicyclic) bond motifs is 1. The number of anilines is 2. The number of hydrogen-bond donors (Lipinski definition) is 1. The number of nitrogens with one attached hydrogen (secondary N) is 1. The average molecular weight is 232 g/mol. The molecule has 1 aliphatic rings. The van der Waals surface area contributed by atoms with Crippen molar-refractivity contribution < 1.29 is 4.79 Å². The second-order valence-corrected chi connectivity index (χ2v) is 4.77. The van der Waals surface area contributed by atoms with E-state index in [-0.39, 0.29) is 5.91 Å². The smallest absolute Gasteiger partial charge is 0.246 e. The van der Waals surface area contributed by atoms with E-state index in [0.29, 0.717) is 12.5 Å². The standard InChI is InChI=1S/C14H20N2O/c1-3-6-11(2)10-16-13-8-5-4-7-12(13)15-9-14(16)17/h4-5,7-8,11,15H,3,6,9-10H2,1-2H3. The summed E-state index contributed by atoms with van der Waals surface area (Å²) in [4.78, 5) is 13.9. The minimum absolute atomic E-state index is 0.173. The Morgan fingerprint density at radius 3 is 2.94 bits per heavy atom. The number of nitrogens with zero attached hydrogens (tertiary/aromatic N) is 1. The Kier molecular flexibility index (Phi) is 3.67. The largest absolute Gasteiger partial charge is 0.374 e. The third-order valence-corrected chi connectivity index (χ3v) is 3.20. The molecule has 3 heteroatoms. The van der Waals surface area contributed by atoms with Crippen LogP contribution >= 0.6 is 0 Å². The fourth-order valence-electron chi connectivity index (χ4n) is 2.36. The first-order chi connectivity index (χ1) is 8.22. The van der Waals surface area contributed by atoms with Crippen LogP contribution in [0, 0.1) is 5.92 Å². The van der Waals surface area contributed by atoms with Crippen LogP contribution in [0.1, 0.15) is 26.7 Å². The maximum absolute atomic E-state index is 12.0. The molecule has 1 aliphatic heterocycles. The molecular weight excluding hydrogens is 212 g/mol. The highest BCUT2D eigenvalue weighted by atomic mass is 16.2. The van der Waals surface area contributed by atoms with E-state index in [1.165, 1.54) is 12.8 Å². The topological polar surface area (TPSA) is 32.3 Å². The second kappa shape index (κ2) is 5.21. The number of amides is 1. The van der Waals surface area contributed by atoms with Gasteiger partial charge in [0, 0.05) is 6.54 Å². The summed E-state index contributed by atoms with van der Waals surface area (Å²) in [5.74, 6) is 0.724. The summed E-state index contributed by atoms with van der Waals surface area (Å²) in [7, 11) is 0. The van der Waals surface area contributed by atoms with Gasteiger partial charge >= 0.3 is 0 Å². The lowest BCUT2D eigenvalue weighted by Crippen LogP contribution is -2.42. The zero-order valence-electron chi connectivity index (χ0n) is 10.6. The van der Waals surface area contributed by atoms with Crippen molar-refractivity contribution in [3.8, 4) is 0 Å². The van der Waals surface area contributed by atoms with Crippen LogP contribution in [-0.4, -0.2) is 19.0 Å². The molecule has 0 saturated carbocycles. The van der Waals surface area contributed by atoms with Gasteiger partial charge in [0.1, 0.15) is 0 Å². The van der Waals surface area contributed by atoms with Crippen molar-refractivity contribution >= 4 is 17.3 Å². The zero-order valence-corrected chi connectivity index (χ0v) is 10.6. The minimum Gasteiger partial charge on any atom is -0.374 e. The highest BCUT2D eigenvalue weighted by Gasteiger charge is 2.24. The lowest BCUT2D eigenvalue weighted by atomic mass is 10.0. The normalized spacial score (nSPS) is 16.4. The van der Waals surface area contributed by atoms with Gasteiger partial charge in [-0.25, -0.2) is 0 Å². The Hall–Kier alpha value is -1.51. The van der Waals surface area contributed by atoms with Crippen molar-refractivity contribution in [3.63, 3.8) is 0 Å². The van der Waals surface area contributed by atoms with Gasteiger partial charge in [-0.3, -0.25) is 4.79 Å². The first kappa shape index (κ1) is 12.0. The SMILES string of the molecule is CCCC(C)CN1C(=O)CNc2ccccc21. The monoisotopic (exact) mass is 232 g/mol. The molecule has 1 unspecified atom stereocenters. The van der Waals surface area contributed by atoms with Gasteiger partial charge in [-0.2, -0.15) is 0 Å². The molecule has 1 aromatic carbocycles. The van der Waals surface area contributed by atoms with E-state index in [1.54, 1.807) is 0 Å². The fourth-order valence-corrected chi connectivity index (χ4v) is 2.36. The maximum atomic E-state index is 12.0. The van der Waals surface area contributed by atoms with E-state index >= 15 is 0 Å². The van der Waals surface area contributed by atoms with Crippen molar-refractivity contribution in [2.24, 2.45) is 5.92 Å². The van der Waals surface area contributed by atoms with Crippen molar-refractivity contribution in [3.05, 3.63) is 24.3 Å². The van der Waals surface area contributed by atoms with Crippen LogP contribution in [-0.2, 0) is 4.79 Å². The third kappa shape index (κ3) is 2.60. The summed E-state index contributed by atoms with van der Waals surface area (Å²) in [6.07, 6.45) is 2.34. The third-order valence-electron chi connectivity index (χ3n) is 3.20. The summed E-state index contributed by atoms with van der Waals surface area (Å²) in [5.41, 5.74) is 2.09. The maximum Gasteiger partial charge on any atom is 0.246 e. The van der Waals surface area contributed by atoms with E-state index in [2.05, 4.69) is 19.2 Å². The molecule has 0 spiro atoms. The van der Waals surface area contributed by atoms with E-state index in [0.717, 1.165) is 17.9 Å². The number of hydrogen-bond acceptors (Lipinski definition) is 2. The van der Waals surface area contributed by atoms with Crippen LogP contribution in [0.3, 0.4) is 0 Å². The Balaban J connectivity index is 2.18. The number of benzene rings is 1. The molecule has 0 fully saturated rings. The van der Waals surface area contributed by atoms with Gasteiger partial charge in [0.25, 0.3) is 0 Å². The van der Waals surface area contributed by atoms with E-state index in [1.807, 2.05) is 29.2 Å². The fraction of sp³-hybridized carbons (Fsp3) is 0.500. The van der Waals surface area contributed by atoms with Gasteiger partial charge in [0.2, 0.25) is 5.91 Å². The van der Waals surface area contributed by atoms with Gasteiger partial charge in [-0.05, 0) is 24.5 Å². The Morgan fingerprint density at radius 1 is 1.41 bits per heavy atom. The molecular formula is C14H20N2O. The molecule has 2 rings (SSSR count). The predicted molar refractivity (Wildman–Crippen MR) is 71.4 cm³/mol. The molecule has 1 atom stereocenters. The first-order valence-electron chi connectivity index (χ1n) is 6.35. The lowest BCUT2D eigenvalue weighted by molar-refractivity contribution is -0.117. The molecule has 3 nitrogen and oxygen atoms in total. The number of para-hydroxylation sites is 2. The molecule has 0 radical (unpaired) electrons. The quantitative estimate of drug-likeness (QED) is 0.865. The minimum atomic E-state index is 0.173. The molecule has 1 heterocycles. The van der Waals surface area contributed by atoms with Gasteiger partial charge in [0.15, 0.2) is 0 Å². The number of carbonyl (C=O) groups excluding carboxylic acids is 1. The van der Waals surface area contributed by atoms with Crippen molar-refractivity contribution in [1.29, 1.82) is 0 Å². The van der Waals surface area contributed by atoms with E-state index < -0.39 is 0 Å². The molecule has 17 heavy (non-hydrogen) atoms. The molecule has 1 N–H and O–H groups in total. The first-order valence-corrected chi connectivity index (χ1v) is 6.35. The lowest BCUT2D eigenvalue weighted by Gasteiger charge is -2.32. The van der Waals surface area contributed by atoms with Crippen molar-refractivity contribution in [2.45, 2.75) is 26.7 Å². The van der Waals surface area contributed by atoms with Gasteiger partial charge < -0.3 is 10.2 Å². The van der Waals surface area contributed by atoms with Gasteiger partial charge in [-0.15, -0.1) is 0 Å². The highest BCUT2D eigenvalue weighted by Crippen LogP contribution is 2.29. The molecule has 92 valence electrons. The molecule has 1 aromatic rings. The van der Waals surface area contributed by atoms with Crippen LogP contribution < -0.4 is 10.2 Å². The predicted octanol–water partition coefficient (Wildman–Crippen LogP) is 2.88. The molecule has 1 amide bonds. The zero-order chi connectivity index (χ0) is 12.3. The Labute approximate surface area is 103 Å². The Morgan fingerprint density at radius 2 is 2.18 bits per heavy atom.